The summed E-state index contributed by atoms with van der Waals surface area (Å²) in [5, 5.41) is 5.92. The normalized spacial score (nSPS) is 11.4. The van der Waals surface area contributed by atoms with E-state index in [9.17, 15) is 9.59 Å². The van der Waals surface area contributed by atoms with Crippen molar-refractivity contribution in [1.29, 1.82) is 0 Å². The number of rotatable bonds is 9. The van der Waals surface area contributed by atoms with Crippen molar-refractivity contribution in [3.8, 4) is 5.75 Å². The number of benzene rings is 2. The highest BCUT2D eigenvalue weighted by Crippen LogP contribution is 2.18. The molecule has 2 N–H and O–H groups in total. The molecule has 1 amide bonds. The van der Waals surface area contributed by atoms with E-state index in [0.29, 0.717) is 24.3 Å². The van der Waals surface area contributed by atoms with Gasteiger partial charge in [0, 0.05) is 12.2 Å². The van der Waals surface area contributed by atoms with E-state index in [-0.39, 0.29) is 5.91 Å². The standard InChI is InChI=1S/C23H24N2O5/c1-16(22(26)25-14-17-9-11-18(28-2)12-10-17)30-23(27)20-7-3-4-8-21(20)24-15-19-6-5-13-29-19/h3-13,16,24H,14-15H2,1-2H3,(H,25,26)/t16-/m0/s1. The molecule has 2 aromatic carbocycles. The van der Waals surface area contributed by atoms with Crippen molar-refractivity contribution in [3.05, 3.63) is 83.8 Å². The average molecular weight is 408 g/mol. The van der Waals surface area contributed by atoms with Crippen LogP contribution in [0.4, 0.5) is 5.69 Å². The molecule has 0 aliphatic heterocycles. The Morgan fingerprint density at radius 2 is 1.77 bits per heavy atom. The molecule has 1 heterocycles. The van der Waals surface area contributed by atoms with Crippen LogP contribution in [0.3, 0.4) is 0 Å². The van der Waals surface area contributed by atoms with Crippen molar-refractivity contribution >= 4 is 17.6 Å². The molecule has 7 nitrogen and oxygen atoms in total. The van der Waals surface area contributed by atoms with Gasteiger partial charge in [-0.3, -0.25) is 4.79 Å². The van der Waals surface area contributed by atoms with Crippen LogP contribution in [0.2, 0.25) is 0 Å². The van der Waals surface area contributed by atoms with Crippen LogP contribution in [0.15, 0.2) is 71.3 Å². The number of carbonyl (C=O) groups excluding carboxylic acids is 2. The van der Waals surface area contributed by atoms with Crippen LogP contribution in [0.1, 0.15) is 28.6 Å². The minimum Gasteiger partial charge on any atom is -0.497 e. The van der Waals surface area contributed by atoms with E-state index in [1.807, 2.05) is 36.4 Å². The van der Waals surface area contributed by atoms with Crippen molar-refractivity contribution in [2.75, 3.05) is 12.4 Å². The molecule has 0 saturated carbocycles. The largest absolute Gasteiger partial charge is 0.497 e. The number of hydrogen-bond donors (Lipinski definition) is 2. The smallest absolute Gasteiger partial charge is 0.341 e. The maximum atomic E-state index is 12.6. The van der Waals surface area contributed by atoms with Gasteiger partial charge in [0.15, 0.2) is 6.10 Å². The molecule has 1 atom stereocenters. The Hall–Kier alpha value is -3.74. The lowest BCUT2D eigenvalue weighted by atomic mass is 10.1. The Morgan fingerprint density at radius 1 is 1.00 bits per heavy atom. The minimum atomic E-state index is -0.936. The molecule has 0 bridgehead atoms. The molecule has 0 radical (unpaired) electrons. The van der Waals surface area contributed by atoms with E-state index in [1.165, 1.54) is 0 Å². The zero-order valence-electron chi connectivity index (χ0n) is 16.9. The number of carbonyl (C=O) groups is 2. The van der Waals surface area contributed by atoms with Gasteiger partial charge in [-0.05, 0) is 48.9 Å². The first-order valence-electron chi connectivity index (χ1n) is 9.53. The van der Waals surface area contributed by atoms with Gasteiger partial charge in [-0.2, -0.15) is 0 Å². The lowest BCUT2D eigenvalue weighted by Gasteiger charge is -2.15. The highest BCUT2D eigenvalue weighted by molar-refractivity contribution is 5.97. The summed E-state index contributed by atoms with van der Waals surface area (Å²) in [5.41, 5.74) is 1.86. The molecule has 0 aliphatic carbocycles. The van der Waals surface area contributed by atoms with E-state index < -0.39 is 12.1 Å². The zero-order chi connectivity index (χ0) is 21.3. The third-order valence-corrected chi connectivity index (χ3v) is 4.46. The molecule has 0 saturated heterocycles. The van der Waals surface area contributed by atoms with Crippen LogP contribution in [-0.4, -0.2) is 25.1 Å². The Kier molecular flexibility index (Phi) is 7.10. The van der Waals surface area contributed by atoms with Crippen molar-refractivity contribution in [2.24, 2.45) is 0 Å². The first-order valence-corrected chi connectivity index (χ1v) is 9.53. The number of hydrogen-bond acceptors (Lipinski definition) is 6. The van der Waals surface area contributed by atoms with Crippen molar-refractivity contribution in [2.45, 2.75) is 26.1 Å². The topological polar surface area (TPSA) is 89.8 Å². The monoisotopic (exact) mass is 408 g/mol. The van der Waals surface area contributed by atoms with Crippen molar-refractivity contribution in [1.82, 2.24) is 5.32 Å². The van der Waals surface area contributed by atoms with Gasteiger partial charge >= 0.3 is 5.97 Å². The van der Waals surface area contributed by atoms with Gasteiger partial charge in [0.25, 0.3) is 5.91 Å². The van der Waals surface area contributed by atoms with Gasteiger partial charge in [0.2, 0.25) is 0 Å². The van der Waals surface area contributed by atoms with Crippen LogP contribution in [-0.2, 0) is 22.6 Å². The van der Waals surface area contributed by atoms with E-state index >= 15 is 0 Å². The Balaban J connectivity index is 1.54. The number of esters is 1. The van der Waals surface area contributed by atoms with E-state index in [4.69, 9.17) is 13.9 Å². The zero-order valence-corrected chi connectivity index (χ0v) is 16.9. The SMILES string of the molecule is COc1ccc(CNC(=O)[C@H](C)OC(=O)c2ccccc2NCc2ccco2)cc1. The number of ether oxygens (including phenoxy) is 2. The summed E-state index contributed by atoms with van der Waals surface area (Å²) < 4.78 is 15.8. The minimum absolute atomic E-state index is 0.325. The highest BCUT2D eigenvalue weighted by atomic mass is 16.5. The van der Waals surface area contributed by atoms with Gasteiger partial charge in [0.1, 0.15) is 11.5 Å². The summed E-state index contributed by atoms with van der Waals surface area (Å²) in [7, 11) is 1.59. The third-order valence-electron chi connectivity index (χ3n) is 4.46. The fraction of sp³-hybridized carbons (Fsp3) is 0.217. The number of amides is 1. The maximum Gasteiger partial charge on any atom is 0.341 e. The molecule has 156 valence electrons. The second-order valence-corrected chi connectivity index (χ2v) is 6.59. The summed E-state index contributed by atoms with van der Waals surface area (Å²) in [4.78, 5) is 24.9. The summed E-state index contributed by atoms with van der Waals surface area (Å²) in [5.74, 6) is 0.529. The molecule has 0 unspecified atom stereocenters. The Labute approximate surface area is 175 Å². The van der Waals surface area contributed by atoms with Crippen LogP contribution in [0, 0.1) is 0 Å². The van der Waals surface area contributed by atoms with Crippen LogP contribution >= 0.6 is 0 Å². The molecule has 0 spiro atoms. The Bertz CT molecular complexity index is 968. The van der Waals surface area contributed by atoms with Crippen LogP contribution in [0.5, 0.6) is 5.75 Å². The van der Waals surface area contributed by atoms with Crippen LogP contribution < -0.4 is 15.4 Å². The van der Waals surface area contributed by atoms with Gasteiger partial charge < -0.3 is 24.5 Å². The average Bonchev–Trinajstić information content (AvgIpc) is 3.30. The van der Waals surface area contributed by atoms with Gasteiger partial charge in [-0.1, -0.05) is 24.3 Å². The molecular weight excluding hydrogens is 384 g/mol. The number of para-hydroxylation sites is 1. The molecule has 0 aliphatic rings. The van der Waals surface area contributed by atoms with E-state index in [0.717, 1.165) is 17.1 Å². The fourth-order valence-electron chi connectivity index (χ4n) is 2.76. The van der Waals surface area contributed by atoms with Gasteiger partial charge in [-0.15, -0.1) is 0 Å². The second kappa shape index (κ2) is 10.2. The van der Waals surface area contributed by atoms with E-state index in [2.05, 4.69) is 10.6 Å². The van der Waals surface area contributed by atoms with Gasteiger partial charge in [0.05, 0.1) is 25.5 Å². The lowest BCUT2D eigenvalue weighted by molar-refractivity contribution is -0.129. The van der Waals surface area contributed by atoms with Gasteiger partial charge in [-0.25, -0.2) is 4.79 Å². The molecule has 3 rings (SSSR count). The molecule has 3 aromatic rings. The second-order valence-electron chi connectivity index (χ2n) is 6.59. The first kappa shape index (κ1) is 21.0. The van der Waals surface area contributed by atoms with Crippen LogP contribution in [0.25, 0.3) is 0 Å². The van der Waals surface area contributed by atoms with Crippen molar-refractivity contribution in [3.63, 3.8) is 0 Å². The maximum absolute atomic E-state index is 12.6. The fourth-order valence-corrected chi connectivity index (χ4v) is 2.76. The molecular formula is C23H24N2O5. The summed E-state index contributed by atoms with van der Waals surface area (Å²) in [6, 6.07) is 18.0. The van der Waals surface area contributed by atoms with E-state index in [1.54, 1.807) is 44.6 Å². The number of methoxy groups -OCH3 is 1. The number of nitrogens with one attached hydrogen (secondary N) is 2. The molecule has 30 heavy (non-hydrogen) atoms. The predicted octanol–water partition coefficient (Wildman–Crippen LogP) is 3.76. The third kappa shape index (κ3) is 5.64. The Morgan fingerprint density at radius 3 is 2.47 bits per heavy atom. The molecule has 7 heteroatoms. The number of anilines is 1. The van der Waals surface area contributed by atoms with Crippen molar-refractivity contribution < 1.29 is 23.5 Å². The molecule has 0 fully saturated rings. The molecule has 1 aromatic heterocycles. The highest BCUT2D eigenvalue weighted by Gasteiger charge is 2.20. The summed E-state index contributed by atoms with van der Waals surface area (Å²) in [6.45, 7) is 2.29. The predicted molar refractivity (Wildman–Crippen MR) is 112 cm³/mol. The first-order chi connectivity index (χ1) is 14.6. The summed E-state index contributed by atoms with van der Waals surface area (Å²) >= 11 is 0. The summed E-state index contributed by atoms with van der Waals surface area (Å²) in [6.07, 6.45) is 0.650. The lowest BCUT2D eigenvalue weighted by Crippen LogP contribution is -2.35. The quantitative estimate of drug-likeness (QED) is 0.524. The number of furan rings is 1.